The van der Waals surface area contributed by atoms with Crippen LogP contribution < -0.4 is 14.2 Å². The number of rotatable bonds is 4. The Morgan fingerprint density at radius 2 is 1.78 bits per heavy atom. The van der Waals surface area contributed by atoms with Gasteiger partial charge >= 0.3 is 0 Å². The smallest absolute Gasteiger partial charge is 0.164 e. The first kappa shape index (κ1) is 12.6. The molecule has 3 nitrogen and oxygen atoms in total. The molecule has 0 amide bonds. The van der Waals surface area contributed by atoms with Crippen LogP contribution in [0.3, 0.4) is 0 Å². The molecule has 18 heavy (non-hydrogen) atoms. The van der Waals surface area contributed by atoms with Gasteiger partial charge in [0.05, 0.1) is 21.3 Å². The normalized spacial score (nSPS) is 10.4. The Balaban J connectivity index is 2.78. The zero-order valence-corrected chi connectivity index (χ0v) is 10.9. The van der Waals surface area contributed by atoms with Gasteiger partial charge in [0.2, 0.25) is 0 Å². The molecule has 0 saturated carbocycles. The van der Waals surface area contributed by atoms with E-state index in [1.807, 2.05) is 24.3 Å². The van der Waals surface area contributed by atoms with Crippen LogP contribution in [-0.4, -0.2) is 21.3 Å². The van der Waals surface area contributed by atoms with Crippen molar-refractivity contribution in [2.45, 2.75) is 6.42 Å². The maximum absolute atomic E-state index is 5.43. The van der Waals surface area contributed by atoms with Gasteiger partial charge in [-0.25, -0.2) is 0 Å². The topological polar surface area (TPSA) is 27.7 Å². The highest BCUT2D eigenvalue weighted by Gasteiger charge is 2.13. The van der Waals surface area contributed by atoms with Gasteiger partial charge in [-0.15, -0.1) is 0 Å². The summed E-state index contributed by atoms with van der Waals surface area (Å²) in [6.07, 6.45) is 0.642. The predicted octanol–water partition coefficient (Wildman–Crippen LogP) is 3.24. The van der Waals surface area contributed by atoms with Crippen molar-refractivity contribution in [3.05, 3.63) is 36.8 Å². The van der Waals surface area contributed by atoms with Crippen LogP contribution in [0.15, 0.2) is 24.3 Å². The summed E-state index contributed by atoms with van der Waals surface area (Å²) in [6.45, 7) is 3.97. The van der Waals surface area contributed by atoms with E-state index in [2.05, 4.69) is 6.92 Å². The van der Waals surface area contributed by atoms with Gasteiger partial charge in [0.1, 0.15) is 5.75 Å². The van der Waals surface area contributed by atoms with Crippen LogP contribution >= 0.6 is 0 Å². The highest BCUT2D eigenvalue weighted by molar-refractivity contribution is 5.91. The summed E-state index contributed by atoms with van der Waals surface area (Å²) < 4.78 is 16.0. The molecule has 1 radical (unpaired) electrons. The van der Waals surface area contributed by atoms with Gasteiger partial charge in [0.15, 0.2) is 11.5 Å². The maximum atomic E-state index is 5.43. The highest BCUT2D eigenvalue weighted by atomic mass is 16.5. The second-order valence-corrected chi connectivity index (χ2v) is 3.93. The van der Waals surface area contributed by atoms with Crippen molar-refractivity contribution in [3.63, 3.8) is 0 Å². The molecule has 3 heteroatoms. The summed E-state index contributed by atoms with van der Waals surface area (Å²) in [6, 6.07) is 7.90. The van der Waals surface area contributed by atoms with Crippen molar-refractivity contribution < 1.29 is 14.2 Å². The van der Waals surface area contributed by atoms with E-state index in [-0.39, 0.29) is 0 Å². The van der Waals surface area contributed by atoms with E-state index in [1.54, 1.807) is 21.3 Å². The van der Waals surface area contributed by atoms with E-state index in [0.29, 0.717) is 6.42 Å². The van der Waals surface area contributed by atoms with E-state index in [9.17, 15) is 0 Å². The molecule has 95 valence electrons. The second-order valence-electron chi connectivity index (χ2n) is 3.93. The van der Waals surface area contributed by atoms with E-state index >= 15 is 0 Å². The van der Waals surface area contributed by atoms with Crippen molar-refractivity contribution in [2.24, 2.45) is 0 Å². The van der Waals surface area contributed by atoms with Crippen LogP contribution in [0.4, 0.5) is 0 Å². The van der Waals surface area contributed by atoms with Crippen LogP contribution in [0.2, 0.25) is 0 Å². The Labute approximate surface area is 107 Å². The summed E-state index contributed by atoms with van der Waals surface area (Å²) in [5.41, 5.74) is 1.05. The fourth-order valence-corrected chi connectivity index (χ4v) is 2.16. The first-order chi connectivity index (χ1) is 8.74. The SMILES string of the molecule is [CH2]Cc1c(OC)c(OC)cc2cc(OC)ccc12. The van der Waals surface area contributed by atoms with Gasteiger partial charge in [-0.05, 0) is 42.3 Å². The van der Waals surface area contributed by atoms with E-state index < -0.39 is 0 Å². The molecular weight excluding hydrogens is 228 g/mol. The third kappa shape index (κ3) is 1.96. The lowest BCUT2D eigenvalue weighted by Crippen LogP contribution is -1.97. The molecule has 0 aliphatic rings. The number of fused-ring (bicyclic) bond motifs is 1. The summed E-state index contributed by atoms with van der Waals surface area (Å²) >= 11 is 0. The van der Waals surface area contributed by atoms with Crippen molar-refractivity contribution >= 4 is 10.8 Å². The predicted molar refractivity (Wildman–Crippen MR) is 72.7 cm³/mol. The Hall–Kier alpha value is -1.90. The Kier molecular flexibility index (Phi) is 3.60. The number of methoxy groups -OCH3 is 3. The van der Waals surface area contributed by atoms with E-state index in [0.717, 1.165) is 33.6 Å². The van der Waals surface area contributed by atoms with E-state index in [1.165, 1.54) is 0 Å². The molecule has 2 aromatic rings. The molecule has 0 spiro atoms. The van der Waals surface area contributed by atoms with Gasteiger partial charge in [-0.3, -0.25) is 0 Å². The molecule has 0 aromatic heterocycles. The average Bonchev–Trinajstić information content (AvgIpc) is 2.44. The van der Waals surface area contributed by atoms with Gasteiger partial charge in [0, 0.05) is 5.56 Å². The third-order valence-corrected chi connectivity index (χ3v) is 3.04. The van der Waals surface area contributed by atoms with Gasteiger partial charge < -0.3 is 14.2 Å². The minimum Gasteiger partial charge on any atom is -0.497 e. The second kappa shape index (κ2) is 5.17. The molecule has 0 aliphatic carbocycles. The van der Waals surface area contributed by atoms with Crippen LogP contribution in [0.25, 0.3) is 10.8 Å². The minimum absolute atomic E-state index is 0.642. The minimum atomic E-state index is 0.642. The highest BCUT2D eigenvalue weighted by Crippen LogP contribution is 2.38. The third-order valence-electron chi connectivity index (χ3n) is 3.04. The Morgan fingerprint density at radius 1 is 1.00 bits per heavy atom. The molecule has 2 rings (SSSR count). The summed E-state index contributed by atoms with van der Waals surface area (Å²) in [7, 11) is 4.94. The molecule has 0 unspecified atom stereocenters. The standard InChI is InChI=1S/C15H17O3/c1-5-12-13-7-6-11(16-2)8-10(13)9-14(17-3)15(12)18-4/h6-9H,1,5H2,2-4H3. The summed E-state index contributed by atoms with van der Waals surface area (Å²) in [5.74, 6) is 2.30. The van der Waals surface area contributed by atoms with Crippen molar-refractivity contribution in [1.29, 1.82) is 0 Å². The Morgan fingerprint density at radius 3 is 2.33 bits per heavy atom. The van der Waals surface area contributed by atoms with Crippen molar-refractivity contribution in [2.75, 3.05) is 21.3 Å². The lowest BCUT2D eigenvalue weighted by molar-refractivity contribution is 0.353. The van der Waals surface area contributed by atoms with Gasteiger partial charge in [-0.2, -0.15) is 0 Å². The molecule has 0 heterocycles. The number of hydrogen-bond donors (Lipinski definition) is 0. The molecule has 0 atom stereocenters. The van der Waals surface area contributed by atoms with Gasteiger partial charge in [-0.1, -0.05) is 6.07 Å². The first-order valence-electron chi connectivity index (χ1n) is 5.76. The average molecular weight is 245 g/mol. The molecule has 0 saturated heterocycles. The van der Waals surface area contributed by atoms with Crippen molar-refractivity contribution in [1.82, 2.24) is 0 Å². The van der Waals surface area contributed by atoms with E-state index in [4.69, 9.17) is 14.2 Å². The summed E-state index contributed by atoms with van der Waals surface area (Å²) in [4.78, 5) is 0. The van der Waals surface area contributed by atoms with Crippen molar-refractivity contribution in [3.8, 4) is 17.2 Å². The number of ether oxygens (including phenoxy) is 3. The first-order valence-corrected chi connectivity index (χ1v) is 5.76. The van der Waals surface area contributed by atoms with Crippen LogP contribution in [0.5, 0.6) is 17.2 Å². The zero-order chi connectivity index (χ0) is 13.1. The monoisotopic (exact) mass is 245 g/mol. The number of hydrogen-bond acceptors (Lipinski definition) is 3. The van der Waals surface area contributed by atoms with Crippen LogP contribution in [0, 0.1) is 6.92 Å². The molecule has 0 N–H and O–H groups in total. The number of benzene rings is 2. The lowest BCUT2D eigenvalue weighted by Gasteiger charge is -2.15. The van der Waals surface area contributed by atoms with Crippen LogP contribution in [-0.2, 0) is 6.42 Å². The largest absolute Gasteiger partial charge is 0.497 e. The summed E-state index contributed by atoms with van der Waals surface area (Å²) in [5, 5.41) is 2.18. The lowest BCUT2D eigenvalue weighted by atomic mass is 10.0. The quantitative estimate of drug-likeness (QED) is 0.827. The fourth-order valence-electron chi connectivity index (χ4n) is 2.16. The maximum Gasteiger partial charge on any atom is 0.164 e. The van der Waals surface area contributed by atoms with Crippen LogP contribution in [0.1, 0.15) is 5.56 Å². The molecule has 0 aliphatic heterocycles. The molecule has 0 fully saturated rings. The fraction of sp³-hybridized carbons (Fsp3) is 0.267. The molecular formula is C15H17O3. The van der Waals surface area contributed by atoms with Gasteiger partial charge in [0.25, 0.3) is 0 Å². The molecule has 2 aromatic carbocycles. The zero-order valence-electron chi connectivity index (χ0n) is 10.9. The molecule has 0 bridgehead atoms. The Bertz CT molecular complexity index is 561.